The monoisotopic (exact) mass is 377 g/mol. The predicted octanol–water partition coefficient (Wildman–Crippen LogP) is 5.83. The molecule has 3 rings (SSSR count). The Morgan fingerprint density at radius 3 is 2.58 bits per heavy atom. The molecule has 0 bridgehead atoms. The minimum Gasteiger partial charge on any atom is -0.359 e. The molecule has 2 aromatic rings. The van der Waals surface area contributed by atoms with Crippen LogP contribution in [0.25, 0.3) is 0 Å². The summed E-state index contributed by atoms with van der Waals surface area (Å²) in [4.78, 5) is 4.15. The molecule has 1 aliphatic rings. The number of allylic oxidation sites excluding steroid dienone is 1. The number of anilines is 1. The number of pyridine rings is 1. The molecule has 0 amide bonds. The van der Waals surface area contributed by atoms with Crippen LogP contribution in [-0.4, -0.2) is 4.98 Å². The smallest absolute Gasteiger partial charge is 0.161 e. The third-order valence-corrected chi connectivity index (χ3v) is 4.87. The quantitative estimate of drug-likeness (QED) is 0.659. The van der Waals surface area contributed by atoms with Gasteiger partial charge in [-0.05, 0) is 61.4 Å². The van der Waals surface area contributed by atoms with Gasteiger partial charge in [0.25, 0.3) is 0 Å². The van der Waals surface area contributed by atoms with Gasteiger partial charge in [-0.3, -0.25) is 5.14 Å². The Balaban J connectivity index is 0.000000228. The minimum atomic E-state index is -0.782. The summed E-state index contributed by atoms with van der Waals surface area (Å²) in [5.74, 6) is -0.918. The minimum absolute atomic E-state index is 0.343. The van der Waals surface area contributed by atoms with Crippen LogP contribution >= 0.6 is 11.9 Å². The zero-order valence-corrected chi connectivity index (χ0v) is 15.8. The number of rotatable bonds is 4. The topological polar surface area (TPSA) is 50.9 Å². The Morgan fingerprint density at radius 1 is 1.23 bits per heavy atom. The summed E-state index contributed by atoms with van der Waals surface area (Å²) in [5, 5.41) is 9.70. The summed E-state index contributed by atoms with van der Waals surface area (Å²) in [6.07, 6.45) is 8.31. The van der Waals surface area contributed by atoms with Gasteiger partial charge in [-0.1, -0.05) is 38.0 Å². The Bertz CT molecular complexity index is 710. The molecular weight excluding hydrogens is 352 g/mol. The van der Waals surface area contributed by atoms with Gasteiger partial charge in [0.05, 0.1) is 0 Å². The highest BCUT2D eigenvalue weighted by atomic mass is 32.2. The molecule has 1 fully saturated rings. The molecule has 0 saturated heterocycles. The van der Waals surface area contributed by atoms with Crippen LogP contribution in [0.3, 0.4) is 0 Å². The van der Waals surface area contributed by atoms with Crippen molar-refractivity contribution in [1.29, 1.82) is 0 Å². The number of nitrogens with zero attached hydrogens (tertiary/aromatic N) is 1. The fourth-order valence-electron chi connectivity index (χ4n) is 2.90. The van der Waals surface area contributed by atoms with E-state index in [2.05, 4.69) is 16.9 Å². The molecule has 0 aliphatic heterocycles. The second kappa shape index (κ2) is 10.3. The van der Waals surface area contributed by atoms with Crippen molar-refractivity contribution >= 4 is 17.6 Å². The Hall–Kier alpha value is -1.92. The first kappa shape index (κ1) is 20.4. The summed E-state index contributed by atoms with van der Waals surface area (Å²) >= 11 is 1.16. The number of hydrogen-bond donors (Lipinski definition) is 2. The lowest BCUT2D eigenvalue weighted by atomic mass is 9.87. The fourth-order valence-corrected chi connectivity index (χ4v) is 3.22. The van der Waals surface area contributed by atoms with Gasteiger partial charge >= 0.3 is 0 Å². The zero-order valence-electron chi connectivity index (χ0n) is 15.0. The van der Waals surface area contributed by atoms with E-state index in [1.54, 1.807) is 6.20 Å². The van der Waals surface area contributed by atoms with Gasteiger partial charge < -0.3 is 5.32 Å². The largest absolute Gasteiger partial charge is 0.359 e. The third-order valence-electron chi connectivity index (χ3n) is 4.40. The molecule has 1 aromatic carbocycles. The third kappa shape index (κ3) is 6.11. The van der Waals surface area contributed by atoms with Crippen molar-refractivity contribution in [2.45, 2.75) is 44.1 Å². The molecule has 3 N–H and O–H groups in total. The lowest BCUT2D eigenvalue weighted by molar-refractivity contribution is 0.405. The second-order valence-electron chi connectivity index (χ2n) is 6.36. The van der Waals surface area contributed by atoms with E-state index in [9.17, 15) is 8.78 Å². The van der Waals surface area contributed by atoms with Crippen LogP contribution in [0.5, 0.6) is 0 Å². The van der Waals surface area contributed by atoms with E-state index in [1.807, 2.05) is 12.1 Å². The summed E-state index contributed by atoms with van der Waals surface area (Å²) in [6, 6.07) is 8.01. The van der Waals surface area contributed by atoms with Crippen LogP contribution in [0.15, 0.2) is 53.8 Å². The van der Waals surface area contributed by atoms with E-state index in [0.29, 0.717) is 11.5 Å². The van der Waals surface area contributed by atoms with Gasteiger partial charge in [-0.15, -0.1) is 0 Å². The number of hydrogen-bond acceptors (Lipinski definition) is 4. The van der Waals surface area contributed by atoms with Crippen molar-refractivity contribution in [3.8, 4) is 0 Å². The SMILES string of the molecule is C=C(Nc1ccnc(SN)c1)C1CCCCC1.Cc1cccc(F)c1F. The Labute approximate surface area is 158 Å². The standard InChI is InChI=1S/C13H19N3S.C7H6F2/c1-10(11-5-3-2-4-6-11)16-12-7-8-15-13(9-12)17-14;1-5-3-2-4-6(8)7(5)9/h7-9,11H,1-6,14H2,(H,15,16);2-4H,1H3. The number of halogens is 2. The van der Waals surface area contributed by atoms with Crippen molar-refractivity contribution in [3.05, 3.63) is 66.0 Å². The Morgan fingerprint density at radius 2 is 1.96 bits per heavy atom. The molecule has 1 saturated carbocycles. The van der Waals surface area contributed by atoms with E-state index in [1.165, 1.54) is 51.2 Å². The van der Waals surface area contributed by atoms with Crippen molar-refractivity contribution in [3.63, 3.8) is 0 Å². The van der Waals surface area contributed by atoms with Gasteiger partial charge in [0, 0.05) is 17.6 Å². The highest BCUT2D eigenvalue weighted by Gasteiger charge is 2.16. The number of nitrogens with one attached hydrogen (secondary N) is 1. The fraction of sp³-hybridized carbons (Fsp3) is 0.350. The normalized spacial score (nSPS) is 14.3. The molecular formula is C20H25F2N3S. The van der Waals surface area contributed by atoms with E-state index in [4.69, 9.17) is 5.14 Å². The molecule has 6 heteroatoms. The van der Waals surface area contributed by atoms with E-state index in [0.717, 1.165) is 34.4 Å². The maximum Gasteiger partial charge on any atom is 0.161 e. The van der Waals surface area contributed by atoms with Crippen molar-refractivity contribution in [2.24, 2.45) is 11.1 Å². The molecule has 0 unspecified atom stereocenters. The van der Waals surface area contributed by atoms with E-state index in [-0.39, 0.29) is 0 Å². The first-order valence-electron chi connectivity index (χ1n) is 8.70. The summed E-state index contributed by atoms with van der Waals surface area (Å²) in [6.45, 7) is 5.69. The number of nitrogens with two attached hydrogens (primary N) is 1. The van der Waals surface area contributed by atoms with E-state index >= 15 is 0 Å². The maximum atomic E-state index is 12.4. The molecule has 0 spiro atoms. The second-order valence-corrected chi connectivity index (χ2v) is 7.01. The molecule has 0 radical (unpaired) electrons. The maximum absolute atomic E-state index is 12.4. The Kier molecular flexibility index (Phi) is 8.06. The lowest BCUT2D eigenvalue weighted by Crippen LogP contribution is -2.14. The highest BCUT2D eigenvalue weighted by Crippen LogP contribution is 2.29. The van der Waals surface area contributed by atoms with Crippen LogP contribution in [0, 0.1) is 24.5 Å². The number of aryl methyl sites for hydroxylation is 1. The van der Waals surface area contributed by atoms with Crippen LogP contribution < -0.4 is 10.5 Å². The van der Waals surface area contributed by atoms with Crippen LogP contribution in [0.4, 0.5) is 14.5 Å². The van der Waals surface area contributed by atoms with Crippen LogP contribution in [0.2, 0.25) is 0 Å². The first-order valence-corrected chi connectivity index (χ1v) is 9.58. The predicted molar refractivity (Wildman–Crippen MR) is 105 cm³/mol. The summed E-state index contributed by atoms with van der Waals surface area (Å²) in [5.41, 5.74) is 2.50. The van der Waals surface area contributed by atoms with Gasteiger partial charge in [0.2, 0.25) is 0 Å². The van der Waals surface area contributed by atoms with Crippen molar-refractivity contribution in [1.82, 2.24) is 4.98 Å². The average Bonchev–Trinajstić information content (AvgIpc) is 2.67. The molecule has 26 heavy (non-hydrogen) atoms. The lowest BCUT2D eigenvalue weighted by Gasteiger charge is -2.24. The number of aromatic nitrogens is 1. The molecule has 0 atom stereocenters. The number of benzene rings is 1. The van der Waals surface area contributed by atoms with Crippen LogP contribution in [-0.2, 0) is 0 Å². The average molecular weight is 378 g/mol. The van der Waals surface area contributed by atoms with E-state index < -0.39 is 11.6 Å². The van der Waals surface area contributed by atoms with Crippen LogP contribution in [0.1, 0.15) is 37.7 Å². The molecule has 1 aliphatic carbocycles. The summed E-state index contributed by atoms with van der Waals surface area (Å²) in [7, 11) is 0. The van der Waals surface area contributed by atoms with Gasteiger partial charge in [0.1, 0.15) is 5.03 Å². The van der Waals surface area contributed by atoms with Gasteiger partial charge in [-0.25, -0.2) is 13.8 Å². The van der Waals surface area contributed by atoms with Gasteiger partial charge in [0.15, 0.2) is 11.6 Å². The zero-order chi connectivity index (χ0) is 18.9. The van der Waals surface area contributed by atoms with Crippen molar-refractivity contribution in [2.75, 3.05) is 5.32 Å². The highest BCUT2D eigenvalue weighted by molar-refractivity contribution is 7.97. The molecule has 1 aromatic heterocycles. The van der Waals surface area contributed by atoms with Gasteiger partial charge in [-0.2, -0.15) is 0 Å². The summed E-state index contributed by atoms with van der Waals surface area (Å²) < 4.78 is 24.6. The molecule has 3 nitrogen and oxygen atoms in total. The molecule has 140 valence electrons. The first-order chi connectivity index (χ1) is 12.5. The molecule has 1 heterocycles. The van der Waals surface area contributed by atoms with Crippen molar-refractivity contribution < 1.29 is 8.78 Å².